The van der Waals surface area contributed by atoms with Gasteiger partial charge < -0.3 is 9.84 Å². The average molecular weight is 235 g/mol. The standard InChI is InChI=1S/C12H14FN3O/c1-9(10-4-2-3-5-11(10)13)14-7-6-12-15-8-16-17-12/h2-5,8-9,14H,6-7H2,1H3. The van der Waals surface area contributed by atoms with Crippen LogP contribution in [0.2, 0.25) is 0 Å². The molecule has 0 aliphatic rings. The van der Waals surface area contributed by atoms with Crippen molar-refractivity contribution in [3.8, 4) is 0 Å². The third kappa shape index (κ3) is 3.10. The van der Waals surface area contributed by atoms with Gasteiger partial charge in [-0.1, -0.05) is 23.4 Å². The Bertz CT molecular complexity index is 459. The van der Waals surface area contributed by atoms with Crippen LogP contribution in [0, 0.1) is 5.82 Å². The van der Waals surface area contributed by atoms with Crippen molar-refractivity contribution in [2.45, 2.75) is 19.4 Å². The highest BCUT2D eigenvalue weighted by atomic mass is 19.1. The van der Waals surface area contributed by atoms with Crippen molar-refractivity contribution in [2.75, 3.05) is 6.54 Å². The summed E-state index contributed by atoms with van der Waals surface area (Å²) in [4.78, 5) is 3.91. The Morgan fingerprint density at radius 3 is 2.94 bits per heavy atom. The highest BCUT2D eigenvalue weighted by Crippen LogP contribution is 2.15. The zero-order chi connectivity index (χ0) is 12.1. The molecule has 0 radical (unpaired) electrons. The summed E-state index contributed by atoms with van der Waals surface area (Å²) in [5.74, 6) is 0.392. The second-order valence-electron chi connectivity index (χ2n) is 3.78. The lowest BCUT2D eigenvalue weighted by atomic mass is 10.1. The summed E-state index contributed by atoms with van der Waals surface area (Å²) in [6, 6.07) is 6.71. The highest BCUT2D eigenvalue weighted by molar-refractivity contribution is 5.20. The molecule has 1 unspecified atom stereocenters. The molecule has 0 saturated heterocycles. The van der Waals surface area contributed by atoms with E-state index in [0.717, 1.165) is 0 Å². The van der Waals surface area contributed by atoms with Crippen molar-refractivity contribution in [2.24, 2.45) is 0 Å². The van der Waals surface area contributed by atoms with Crippen LogP contribution in [0.3, 0.4) is 0 Å². The first-order valence-electron chi connectivity index (χ1n) is 5.50. The molecule has 1 aromatic carbocycles. The molecule has 0 fully saturated rings. The topological polar surface area (TPSA) is 51.0 Å². The molecule has 0 saturated carbocycles. The normalized spacial score (nSPS) is 12.6. The summed E-state index contributed by atoms with van der Waals surface area (Å²) < 4.78 is 18.3. The molecule has 0 spiro atoms. The monoisotopic (exact) mass is 235 g/mol. The van der Waals surface area contributed by atoms with Gasteiger partial charge in [0.1, 0.15) is 5.82 Å². The summed E-state index contributed by atoms with van der Waals surface area (Å²) in [7, 11) is 0. The van der Waals surface area contributed by atoms with Crippen molar-refractivity contribution < 1.29 is 8.91 Å². The first-order valence-corrected chi connectivity index (χ1v) is 5.50. The van der Waals surface area contributed by atoms with Crippen LogP contribution >= 0.6 is 0 Å². The third-order valence-corrected chi connectivity index (χ3v) is 2.57. The number of aromatic nitrogens is 2. The number of hydrogen-bond donors (Lipinski definition) is 1. The molecule has 0 aliphatic carbocycles. The fourth-order valence-corrected chi connectivity index (χ4v) is 1.64. The van der Waals surface area contributed by atoms with Crippen LogP contribution < -0.4 is 5.32 Å². The molecule has 0 aliphatic heterocycles. The Hall–Kier alpha value is -1.75. The van der Waals surface area contributed by atoms with Gasteiger partial charge in [0.2, 0.25) is 5.89 Å². The fourth-order valence-electron chi connectivity index (χ4n) is 1.64. The van der Waals surface area contributed by atoms with Gasteiger partial charge in [0, 0.05) is 24.6 Å². The van der Waals surface area contributed by atoms with Crippen molar-refractivity contribution in [3.05, 3.63) is 47.9 Å². The van der Waals surface area contributed by atoms with E-state index >= 15 is 0 Å². The molecular weight excluding hydrogens is 221 g/mol. The third-order valence-electron chi connectivity index (χ3n) is 2.57. The average Bonchev–Trinajstić information content (AvgIpc) is 2.82. The molecule has 1 aromatic heterocycles. The van der Waals surface area contributed by atoms with Crippen molar-refractivity contribution >= 4 is 0 Å². The van der Waals surface area contributed by atoms with Gasteiger partial charge in [0.25, 0.3) is 0 Å². The van der Waals surface area contributed by atoms with Crippen LogP contribution in [-0.2, 0) is 6.42 Å². The molecule has 2 rings (SSSR count). The van der Waals surface area contributed by atoms with Gasteiger partial charge >= 0.3 is 0 Å². The minimum atomic E-state index is -0.190. The first-order chi connectivity index (χ1) is 8.27. The molecule has 1 N–H and O–H groups in total. The van der Waals surface area contributed by atoms with E-state index < -0.39 is 0 Å². The van der Waals surface area contributed by atoms with E-state index in [4.69, 9.17) is 4.52 Å². The second-order valence-corrected chi connectivity index (χ2v) is 3.78. The van der Waals surface area contributed by atoms with E-state index in [1.54, 1.807) is 12.1 Å². The molecule has 0 bridgehead atoms. The lowest BCUT2D eigenvalue weighted by molar-refractivity contribution is 0.372. The number of rotatable bonds is 5. The maximum absolute atomic E-state index is 13.5. The summed E-state index contributed by atoms with van der Waals surface area (Å²) in [6.45, 7) is 2.59. The predicted octanol–water partition coefficient (Wildman–Crippen LogP) is 2.10. The van der Waals surface area contributed by atoms with E-state index in [0.29, 0.717) is 24.4 Å². The molecule has 1 heterocycles. The zero-order valence-corrected chi connectivity index (χ0v) is 9.56. The van der Waals surface area contributed by atoms with Gasteiger partial charge in [0.05, 0.1) is 0 Å². The first kappa shape index (κ1) is 11.7. The van der Waals surface area contributed by atoms with Gasteiger partial charge in [-0.15, -0.1) is 0 Å². The lowest BCUT2D eigenvalue weighted by Gasteiger charge is -2.14. The molecule has 17 heavy (non-hydrogen) atoms. The number of nitrogens with zero attached hydrogens (tertiary/aromatic N) is 2. The SMILES string of the molecule is CC(NCCc1ncno1)c1ccccc1F. The summed E-state index contributed by atoms with van der Waals surface area (Å²) in [5, 5.41) is 6.73. The summed E-state index contributed by atoms with van der Waals surface area (Å²) in [6.07, 6.45) is 2.01. The van der Waals surface area contributed by atoms with Crippen LogP contribution in [0.15, 0.2) is 35.1 Å². The molecule has 1 atom stereocenters. The summed E-state index contributed by atoms with van der Waals surface area (Å²) >= 11 is 0. The second kappa shape index (κ2) is 5.54. The van der Waals surface area contributed by atoms with Gasteiger partial charge in [-0.05, 0) is 13.0 Å². The van der Waals surface area contributed by atoms with Gasteiger partial charge in [-0.3, -0.25) is 0 Å². The van der Waals surface area contributed by atoms with Gasteiger partial charge in [-0.2, -0.15) is 4.98 Å². The lowest BCUT2D eigenvalue weighted by Crippen LogP contribution is -2.22. The molecule has 0 amide bonds. The van der Waals surface area contributed by atoms with Crippen LogP contribution in [0.5, 0.6) is 0 Å². The number of nitrogens with one attached hydrogen (secondary N) is 1. The quantitative estimate of drug-likeness (QED) is 0.862. The Labute approximate surface area is 98.8 Å². The number of halogens is 1. The zero-order valence-electron chi connectivity index (χ0n) is 9.56. The Balaban J connectivity index is 1.85. The van der Waals surface area contributed by atoms with E-state index in [9.17, 15) is 4.39 Å². The van der Waals surface area contributed by atoms with Crippen molar-refractivity contribution in [3.63, 3.8) is 0 Å². The smallest absolute Gasteiger partial charge is 0.227 e. The Morgan fingerprint density at radius 1 is 1.41 bits per heavy atom. The van der Waals surface area contributed by atoms with Crippen LogP contribution in [0.1, 0.15) is 24.4 Å². The van der Waals surface area contributed by atoms with Crippen molar-refractivity contribution in [1.29, 1.82) is 0 Å². The molecule has 2 aromatic rings. The fraction of sp³-hybridized carbons (Fsp3) is 0.333. The van der Waals surface area contributed by atoms with Crippen molar-refractivity contribution in [1.82, 2.24) is 15.5 Å². The largest absolute Gasteiger partial charge is 0.340 e. The molecule has 4 nitrogen and oxygen atoms in total. The van der Waals surface area contributed by atoms with Crippen LogP contribution in [0.25, 0.3) is 0 Å². The predicted molar refractivity (Wildman–Crippen MR) is 60.8 cm³/mol. The van der Waals surface area contributed by atoms with E-state index in [1.807, 2.05) is 13.0 Å². The minimum absolute atomic E-state index is 0.0425. The highest BCUT2D eigenvalue weighted by Gasteiger charge is 2.09. The Morgan fingerprint density at radius 2 is 2.24 bits per heavy atom. The van der Waals surface area contributed by atoms with Crippen LogP contribution in [0.4, 0.5) is 4.39 Å². The summed E-state index contributed by atoms with van der Waals surface area (Å²) in [5.41, 5.74) is 0.665. The van der Waals surface area contributed by atoms with Gasteiger partial charge in [-0.25, -0.2) is 4.39 Å². The van der Waals surface area contributed by atoms with E-state index in [2.05, 4.69) is 15.5 Å². The molecule has 90 valence electrons. The number of benzene rings is 1. The molecular formula is C12H14FN3O. The maximum atomic E-state index is 13.5. The maximum Gasteiger partial charge on any atom is 0.227 e. The minimum Gasteiger partial charge on any atom is -0.340 e. The van der Waals surface area contributed by atoms with E-state index in [-0.39, 0.29) is 11.9 Å². The Kier molecular flexibility index (Phi) is 3.82. The number of hydrogen-bond acceptors (Lipinski definition) is 4. The van der Waals surface area contributed by atoms with Crippen LogP contribution in [-0.4, -0.2) is 16.7 Å². The van der Waals surface area contributed by atoms with E-state index in [1.165, 1.54) is 12.4 Å². The molecule has 5 heteroatoms. The van der Waals surface area contributed by atoms with Gasteiger partial charge in [0.15, 0.2) is 6.33 Å².